The molecule has 6 heteroatoms. The fraction of sp³-hybridized carbons (Fsp3) is 0.133. The van der Waals surface area contributed by atoms with Crippen molar-refractivity contribution in [3.05, 3.63) is 58.5 Å². The summed E-state index contributed by atoms with van der Waals surface area (Å²) in [7, 11) is -3.61. The highest BCUT2D eigenvalue weighted by Crippen LogP contribution is 2.26. The quantitative estimate of drug-likeness (QED) is 0.652. The van der Waals surface area contributed by atoms with Crippen LogP contribution in [-0.2, 0) is 10.0 Å². The molecular formula is C15H13BrN2O2S. The molecule has 108 valence electrons. The van der Waals surface area contributed by atoms with Gasteiger partial charge >= 0.3 is 0 Å². The van der Waals surface area contributed by atoms with Gasteiger partial charge < -0.3 is 0 Å². The Balaban J connectivity index is 2.28. The van der Waals surface area contributed by atoms with Gasteiger partial charge in [0.2, 0.25) is 0 Å². The van der Waals surface area contributed by atoms with Crippen LogP contribution in [0.4, 0.5) is 0 Å². The number of benzene rings is 1. The van der Waals surface area contributed by atoms with Gasteiger partial charge in [-0.1, -0.05) is 17.7 Å². The Morgan fingerprint density at radius 2 is 1.81 bits per heavy atom. The standard InChI is InChI=1S/C15H13BrN2O2S/c1-10-3-5-12(6-4-10)21(19,20)18-9-11(2)13-8-17-15(16)7-14(13)18/h3-9H,1-2H3. The average Bonchev–Trinajstić information content (AvgIpc) is 2.76. The Hall–Kier alpha value is -1.66. The van der Waals surface area contributed by atoms with Crippen molar-refractivity contribution in [2.45, 2.75) is 18.7 Å². The summed E-state index contributed by atoms with van der Waals surface area (Å²) in [6, 6.07) is 8.56. The number of fused-ring (bicyclic) bond motifs is 1. The lowest BCUT2D eigenvalue weighted by Gasteiger charge is -2.08. The molecule has 0 atom stereocenters. The molecule has 21 heavy (non-hydrogen) atoms. The summed E-state index contributed by atoms with van der Waals surface area (Å²) in [5.74, 6) is 0. The minimum atomic E-state index is -3.61. The molecule has 1 aromatic carbocycles. The maximum absolute atomic E-state index is 12.8. The first-order chi connectivity index (χ1) is 9.89. The minimum absolute atomic E-state index is 0.276. The lowest BCUT2D eigenvalue weighted by Crippen LogP contribution is -2.11. The van der Waals surface area contributed by atoms with E-state index < -0.39 is 10.0 Å². The number of pyridine rings is 1. The normalized spacial score (nSPS) is 12.0. The Kier molecular flexibility index (Phi) is 3.37. The summed E-state index contributed by atoms with van der Waals surface area (Å²) in [6.07, 6.45) is 3.31. The number of nitrogens with zero attached hydrogens (tertiary/aromatic N) is 2. The van der Waals surface area contributed by atoms with E-state index in [1.165, 1.54) is 3.97 Å². The Morgan fingerprint density at radius 3 is 2.48 bits per heavy atom. The highest BCUT2D eigenvalue weighted by atomic mass is 79.9. The number of hydrogen-bond donors (Lipinski definition) is 0. The summed E-state index contributed by atoms with van der Waals surface area (Å²) in [5, 5.41) is 0.828. The van der Waals surface area contributed by atoms with Crippen LogP contribution < -0.4 is 0 Å². The molecule has 2 heterocycles. The number of hydrogen-bond acceptors (Lipinski definition) is 3. The molecule has 3 aromatic rings. The predicted molar refractivity (Wildman–Crippen MR) is 85.9 cm³/mol. The molecular weight excluding hydrogens is 352 g/mol. The molecule has 0 aliphatic rings. The van der Waals surface area contributed by atoms with Crippen molar-refractivity contribution >= 4 is 36.9 Å². The van der Waals surface area contributed by atoms with Crippen molar-refractivity contribution < 1.29 is 8.42 Å². The third kappa shape index (κ3) is 2.38. The Bertz CT molecular complexity index is 928. The van der Waals surface area contributed by atoms with Crippen LogP contribution in [0.3, 0.4) is 0 Å². The van der Waals surface area contributed by atoms with E-state index in [1.54, 1.807) is 42.7 Å². The van der Waals surface area contributed by atoms with Gasteiger partial charge in [0.1, 0.15) is 4.60 Å². The molecule has 0 spiro atoms. The average molecular weight is 365 g/mol. The van der Waals surface area contributed by atoms with E-state index in [-0.39, 0.29) is 4.90 Å². The molecule has 3 rings (SSSR count). The second kappa shape index (κ2) is 4.96. The van der Waals surface area contributed by atoms with Gasteiger partial charge in [-0.25, -0.2) is 17.4 Å². The van der Waals surface area contributed by atoms with Gasteiger partial charge in [0.05, 0.1) is 10.4 Å². The third-order valence-corrected chi connectivity index (χ3v) is 5.52. The van der Waals surface area contributed by atoms with Gasteiger partial charge in [-0.3, -0.25) is 0 Å². The molecule has 0 fully saturated rings. The Labute approximate surface area is 131 Å². The minimum Gasteiger partial charge on any atom is -0.249 e. The molecule has 0 saturated carbocycles. The second-order valence-corrected chi connectivity index (χ2v) is 7.58. The van der Waals surface area contributed by atoms with Crippen molar-refractivity contribution in [1.29, 1.82) is 0 Å². The lowest BCUT2D eigenvalue weighted by molar-refractivity contribution is 0.589. The molecule has 0 saturated heterocycles. The van der Waals surface area contributed by atoms with E-state index in [4.69, 9.17) is 0 Å². The van der Waals surface area contributed by atoms with E-state index in [0.717, 1.165) is 16.5 Å². The molecule has 0 bridgehead atoms. The van der Waals surface area contributed by atoms with E-state index in [1.807, 2.05) is 13.8 Å². The van der Waals surface area contributed by atoms with Crippen LogP contribution in [0.5, 0.6) is 0 Å². The van der Waals surface area contributed by atoms with Crippen molar-refractivity contribution in [2.24, 2.45) is 0 Å². The zero-order valence-electron chi connectivity index (χ0n) is 11.5. The SMILES string of the molecule is Cc1ccc(S(=O)(=O)n2cc(C)c3cnc(Br)cc32)cc1. The summed E-state index contributed by atoms with van der Waals surface area (Å²) in [6.45, 7) is 3.80. The summed E-state index contributed by atoms with van der Waals surface area (Å²) < 4.78 is 27.5. The molecule has 0 radical (unpaired) electrons. The first-order valence-corrected chi connectivity index (χ1v) is 8.58. The monoisotopic (exact) mass is 364 g/mol. The van der Waals surface area contributed by atoms with Crippen LogP contribution >= 0.6 is 15.9 Å². The number of aryl methyl sites for hydroxylation is 2. The highest BCUT2D eigenvalue weighted by Gasteiger charge is 2.20. The summed E-state index contributed by atoms with van der Waals surface area (Å²) >= 11 is 3.29. The van der Waals surface area contributed by atoms with Crippen LogP contribution in [0, 0.1) is 13.8 Å². The van der Waals surface area contributed by atoms with Crippen molar-refractivity contribution in [1.82, 2.24) is 8.96 Å². The molecule has 0 unspecified atom stereocenters. The van der Waals surface area contributed by atoms with Crippen LogP contribution in [-0.4, -0.2) is 17.4 Å². The first-order valence-electron chi connectivity index (χ1n) is 6.35. The van der Waals surface area contributed by atoms with Crippen LogP contribution in [0.25, 0.3) is 10.9 Å². The van der Waals surface area contributed by atoms with Crippen LogP contribution in [0.2, 0.25) is 0 Å². The Morgan fingerprint density at radius 1 is 1.14 bits per heavy atom. The van der Waals surface area contributed by atoms with Gasteiger partial charge in [-0.15, -0.1) is 0 Å². The molecule has 0 N–H and O–H groups in total. The molecule has 0 aliphatic carbocycles. The van der Waals surface area contributed by atoms with Crippen molar-refractivity contribution in [2.75, 3.05) is 0 Å². The number of rotatable bonds is 2. The van der Waals surface area contributed by atoms with Gasteiger partial charge in [-0.2, -0.15) is 0 Å². The maximum atomic E-state index is 12.8. The summed E-state index contributed by atoms with van der Waals surface area (Å²) in [5.41, 5.74) is 2.52. The van der Waals surface area contributed by atoms with E-state index in [0.29, 0.717) is 10.1 Å². The number of aromatic nitrogens is 2. The second-order valence-electron chi connectivity index (χ2n) is 4.95. The highest BCUT2D eigenvalue weighted by molar-refractivity contribution is 9.10. The van der Waals surface area contributed by atoms with Crippen LogP contribution in [0.1, 0.15) is 11.1 Å². The topological polar surface area (TPSA) is 52.0 Å². The molecule has 4 nitrogen and oxygen atoms in total. The van der Waals surface area contributed by atoms with E-state index in [9.17, 15) is 8.42 Å². The lowest BCUT2D eigenvalue weighted by atomic mass is 10.2. The molecule has 0 amide bonds. The van der Waals surface area contributed by atoms with E-state index >= 15 is 0 Å². The van der Waals surface area contributed by atoms with Crippen molar-refractivity contribution in [3.63, 3.8) is 0 Å². The first kappa shape index (κ1) is 14.3. The van der Waals surface area contributed by atoms with Crippen molar-refractivity contribution in [3.8, 4) is 0 Å². The fourth-order valence-electron chi connectivity index (χ4n) is 2.24. The van der Waals surface area contributed by atoms with Crippen LogP contribution in [0.15, 0.2) is 52.2 Å². The van der Waals surface area contributed by atoms with Gasteiger partial charge in [0, 0.05) is 17.8 Å². The predicted octanol–water partition coefficient (Wildman–Crippen LogP) is 3.65. The van der Waals surface area contributed by atoms with Gasteiger partial charge in [0.25, 0.3) is 10.0 Å². The smallest absolute Gasteiger partial charge is 0.249 e. The third-order valence-electron chi connectivity index (χ3n) is 3.40. The maximum Gasteiger partial charge on any atom is 0.268 e. The zero-order chi connectivity index (χ0) is 15.2. The van der Waals surface area contributed by atoms with E-state index in [2.05, 4.69) is 20.9 Å². The van der Waals surface area contributed by atoms with Gasteiger partial charge in [-0.05, 0) is 53.5 Å². The molecule has 2 aromatic heterocycles. The number of halogens is 1. The zero-order valence-corrected chi connectivity index (χ0v) is 13.9. The summed E-state index contributed by atoms with van der Waals surface area (Å²) in [4.78, 5) is 4.43. The fourth-order valence-corrected chi connectivity index (χ4v) is 3.98. The van der Waals surface area contributed by atoms with Gasteiger partial charge in [0.15, 0.2) is 0 Å². The largest absolute Gasteiger partial charge is 0.268 e. The molecule has 0 aliphatic heterocycles.